The van der Waals surface area contributed by atoms with Crippen LogP contribution in [0.2, 0.25) is 0 Å². The second-order valence-corrected chi connectivity index (χ2v) is 4.18. The first-order chi connectivity index (χ1) is 9.19. The zero-order valence-corrected chi connectivity index (χ0v) is 10.8. The van der Waals surface area contributed by atoms with E-state index < -0.39 is 0 Å². The van der Waals surface area contributed by atoms with Crippen LogP contribution in [-0.4, -0.2) is 33.3 Å². The maximum absolute atomic E-state index is 12.2. The number of aliphatic hydroxyl groups excluding tert-OH is 1. The maximum Gasteiger partial charge on any atom is 0.329 e. The third-order valence-corrected chi connectivity index (χ3v) is 2.98. The van der Waals surface area contributed by atoms with Crippen molar-refractivity contribution in [1.82, 2.24) is 14.5 Å². The number of benzene rings is 1. The minimum atomic E-state index is -0.282. The van der Waals surface area contributed by atoms with Crippen LogP contribution in [0.5, 0.6) is 0 Å². The van der Waals surface area contributed by atoms with Gasteiger partial charge in [0.2, 0.25) is 5.91 Å². The van der Waals surface area contributed by atoms with Crippen LogP contribution < -0.4 is 11.0 Å². The highest BCUT2D eigenvalue weighted by atomic mass is 16.3. The van der Waals surface area contributed by atoms with Crippen LogP contribution in [-0.2, 0) is 17.9 Å². The Hall–Kier alpha value is -2.08. The Morgan fingerprint density at radius 3 is 2.47 bits per heavy atom. The number of aliphatic hydroxyl groups is 1. The SMILES string of the molecule is CCn1c(=O)n(CC(=O)NCCO)c2ccccc21. The number of hydrogen-bond acceptors (Lipinski definition) is 3. The molecule has 2 aromatic rings. The molecule has 102 valence electrons. The summed E-state index contributed by atoms with van der Waals surface area (Å²) in [4.78, 5) is 23.9. The van der Waals surface area contributed by atoms with E-state index in [1.165, 1.54) is 4.57 Å². The van der Waals surface area contributed by atoms with Crippen LogP contribution in [0.15, 0.2) is 29.1 Å². The Kier molecular flexibility index (Phi) is 4.01. The Bertz CT molecular complexity index is 642. The molecule has 2 rings (SSSR count). The van der Waals surface area contributed by atoms with Gasteiger partial charge in [0.15, 0.2) is 0 Å². The molecule has 0 saturated heterocycles. The van der Waals surface area contributed by atoms with E-state index >= 15 is 0 Å². The Balaban J connectivity index is 2.40. The van der Waals surface area contributed by atoms with Crippen molar-refractivity contribution in [2.24, 2.45) is 0 Å². The number of fused-ring (bicyclic) bond motifs is 1. The van der Waals surface area contributed by atoms with E-state index in [9.17, 15) is 9.59 Å². The largest absolute Gasteiger partial charge is 0.395 e. The summed E-state index contributed by atoms with van der Waals surface area (Å²) >= 11 is 0. The molecule has 1 heterocycles. The first-order valence-electron chi connectivity index (χ1n) is 6.24. The van der Waals surface area contributed by atoms with Crippen LogP contribution in [0, 0.1) is 0 Å². The van der Waals surface area contributed by atoms with Crippen molar-refractivity contribution in [1.29, 1.82) is 0 Å². The fourth-order valence-electron chi connectivity index (χ4n) is 2.13. The number of nitrogens with one attached hydrogen (secondary N) is 1. The van der Waals surface area contributed by atoms with Crippen LogP contribution in [0.4, 0.5) is 0 Å². The lowest BCUT2D eigenvalue weighted by molar-refractivity contribution is -0.121. The van der Waals surface area contributed by atoms with Gasteiger partial charge in [-0.15, -0.1) is 0 Å². The van der Waals surface area contributed by atoms with Crippen LogP contribution in [0.25, 0.3) is 11.0 Å². The van der Waals surface area contributed by atoms with E-state index in [1.807, 2.05) is 31.2 Å². The van der Waals surface area contributed by atoms with Crippen molar-refractivity contribution in [3.8, 4) is 0 Å². The smallest absolute Gasteiger partial charge is 0.329 e. The van der Waals surface area contributed by atoms with E-state index in [0.29, 0.717) is 6.54 Å². The molecule has 1 amide bonds. The topological polar surface area (TPSA) is 76.3 Å². The highest BCUT2D eigenvalue weighted by Crippen LogP contribution is 2.12. The van der Waals surface area contributed by atoms with Gasteiger partial charge < -0.3 is 10.4 Å². The van der Waals surface area contributed by atoms with Gasteiger partial charge in [0, 0.05) is 13.1 Å². The number of carbonyl (C=O) groups excluding carboxylic acids is 1. The van der Waals surface area contributed by atoms with E-state index in [1.54, 1.807) is 4.57 Å². The van der Waals surface area contributed by atoms with Gasteiger partial charge >= 0.3 is 5.69 Å². The van der Waals surface area contributed by atoms with Gasteiger partial charge in [0.25, 0.3) is 0 Å². The van der Waals surface area contributed by atoms with Crippen molar-refractivity contribution in [3.05, 3.63) is 34.7 Å². The second-order valence-electron chi connectivity index (χ2n) is 4.18. The normalized spacial score (nSPS) is 10.8. The zero-order valence-electron chi connectivity index (χ0n) is 10.8. The number of nitrogens with zero attached hydrogens (tertiary/aromatic N) is 2. The Labute approximate surface area is 110 Å². The summed E-state index contributed by atoms with van der Waals surface area (Å²) in [6.07, 6.45) is 0. The first-order valence-corrected chi connectivity index (χ1v) is 6.24. The van der Waals surface area contributed by atoms with E-state index in [4.69, 9.17) is 5.11 Å². The molecular weight excluding hydrogens is 246 g/mol. The maximum atomic E-state index is 12.2. The molecule has 6 heteroatoms. The molecule has 0 spiro atoms. The molecule has 0 radical (unpaired) electrons. The lowest BCUT2D eigenvalue weighted by atomic mass is 10.3. The lowest BCUT2D eigenvalue weighted by Gasteiger charge is -2.04. The number of para-hydroxylation sites is 2. The van der Waals surface area contributed by atoms with Crippen molar-refractivity contribution >= 4 is 16.9 Å². The third-order valence-electron chi connectivity index (χ3n) is 2.98. The Morgan fingerprint density at radius 2 is 1.89 bits per heavy atom. The van der Waals surface area contributed by atoms with Gasteiger partial charge in [-0.05, 0) is 19.1 Å². The molecule has 0 aliphatic heterocycles. The molecule has 0 atom stereocenters. The molecule has 1 aromatic carbocycles. The van der Waals surface area contributed by atoms with E-state index in [-0.39, 0.29) is 31.3 Å². The summed E-state index contributed by atoms with van der Waals surface area (Å²) in [5.74, 6) is -0.282. The highest BCUT2D eigenvalue weighted by molar-refractivity contribution is 5.80. The summed E-state index contributed by atoms with van der Waals surface area (Å²) < 4.78 is 3.08. The number of amides is 1. The van der Waals surface area contributed by atoms with Crippen LogP contribution in [0.3, 0.4) is 0 Å². The number of rotatable bonds is 5. The molecule has 0 aliphatic carbocycles. The van der Waals surface area contributed by atoms with Gasteiger partial charge in [-0.1, -0.05) is 12.1 Å². The molecule has 0 fully saturated rings. The number of hydrogen-bond donors (Lipinski definition) is 2. The van der Waals surface area contributed by atoms with Gasteiger partial charge in [-0.2, -0.15) is 0 Å². The standard InChI is InChI=1S/C13H17N3O3/c1-2-15-10-5-3-4-6-11(10)16(13(15)19)9-12(18)14-7-8-17/h3-6,17H,2,7-9H2,1H3,(H,14,18). The van der Waals surface area contributed by atoms with E-state index in [0.717, 1.165) is 11.0 Å². The molecule has 2 N–H and O–H groups in total. The number of aryl methyl sites for hydroxylation is 1. The van der Waals surface area contributed by atoms with Crippen LogP contribution in [0.1, 0.15) is 6.92 Å². The fourth-order valence-corrected chi connectivity index (χ4v) is 2.13. The number of aromatic nitrogens is 2. The number of carbonyl (C=O) groups is 1. The van der Waals surface area contributed by atoms with Gasteiger partial charge in [-0.3, -0.25) is 13.9 Å². The predicted octanol–water partition coefficient (Wildman–Crippen LogP) is -0.0686. The average molecular weight is 263 g/mol. The van der Waals surface area contributed by atoms with Crippen molar-refractivity contribution in [2.45, 2.75) is 20.0 Å². The Morgan fingerprint density at radius 1 is 1.26 bits per heavy atom. The second kappa shape index (κ2) is 5.71. The molecule has 0 unspecified atom stereocenters. The molecule has 0 aliphatic rings. The van der Waals surface area contributed by atoms with Crippen LogP contribution >= 0.6 is 0 Å². The minimum absolute atomic E-state index is 0.0354. The molecule has 0 saturated carbocycles. The van der Waals surface area contributed by atoms with Gasteiger partial charge in [-0.25, -0.2) is 4.79 Å². The zero-order chi connectivity index (χ0) is 13.8. The van der Waals surface area contributed by atoms with Gasteiger partial charge in [0.1, 0.15) is 6.54 Å². The number of imidazole rings is 1. The van der Waals surface area contributed by atoms with E-state index in [2.05, 4.69) is 5.32 Å². The third kappa shape index (κ3) is 2.53. The summed E-state index contributed by atoms with van der Waals surface area (Å²) in [5, 5.41) is 11.2. The van der Waals surface area contributed by atoms with Crippen molar-refractivity contribution < 1.29 is 9.90 Å². The highest BCUT2D eigenvalue weighted by Gasteiger charge is 2.13. The summed E-state index contributed by atoms with van der Waals surface area (Å²) in [5.41, 5.74) is 1.38. The average Bonchev–Trinajstić information content (AvgIpc) is 2.69. The van der Waals surface area contributed by atoms with Gasteiger partial charge in [0.05, 0.1) is 17.6 Å². The summed E-state index contributed by atoms with van der Waals surface area (Å²) in [6, 6.07) is 7.39. The predicted molar refractivity (Wildman–Crippen MR) is 72.0 cm³/mol. The molecule has 6 nitrogen and oxygen atoms in total. The summed E-state index contributed by atoms with van der Waals surface area (Å²) in [7, 11) is 0. The quantitative estimate of drug-likeness (QED) is 0.793. The lowest BCUT2D eigenvalue weighted by Crippen LogP contribution is -2.34. The van der Waals surface area contributed by atoms with Crippen molar-refractivity contribution in [3.63, 3.8) is 0 Å². The van der Waals surface area contributed by atoms with Crippen molar-refractivity contribution in [2.75, 3.05) is 13.2 Å². The monoisotopic (exact) mass is 263 g/mol. The molecular formula is C13H17N3O3. The molecule has 0 bridgehead atoms. The molecule has 1 aromatic heterocycles. The minimum Gasteiger partial charge on any atom is -0.395 e. The first kappa shape index (κ1) is 13.4. The summed E-state index contributed by atoms with van der Waals surface area (Å²) in [6.45, 7) is 2.50. The molecule has 19 heavy (non-hydrogen) atoms. The fraction of sp³-hybridized carbons (Fsp3) is 0.385.